The Morgan fingerprint density at radius 3 is 2.58 bits per heavy atom. The molecule has 0 saturated carbocycles. The minimum atomic E-state index is -0.219. The van der Waals surface area contributed by atoms with Crippen molar-refractivity contribution in [3.63, 3.8) is 0 Å². The molecule has 0 aliphatic carbocycles. The number of hydrogen-bond donors (Lipinski definition) is 3. The molecular weight excluding hydrogens is 398 g/mol. The van der Waals surface area contributed by atoms with E-state index in [9.17, 15) is 4.79 Å². The monoisotopic (exact) mass is 419 g/mol. The van der Waals surface area contributed by atoms with Crippen molar-refractivity contribution in [2.75, 3.05) is 19.4 Å². The van der Waals surface area contributed by atoms with E-state index >= 15 is 0 Å². The molecule has 0 aliphatic rings. The Bertz CT molecular complexity index is 1250. The molecule has 0 saturated heterocycles. The maximum Gasteiger partial charge on any atom is 0.270 e. The second-order valence-corrected chi connectivity index (χ2v) is 6.80. The summed E-state index contributed by atoms with van der Waals surface area (Å²) < 4.78 is 7.20. The molecule has 0 aliphatic heterocycles. The molecule has 4 rings (SSSR count). The fourth-order valence-electron chi connectivity index (χ4n) is 3.07. The normalized spacial score (nSPS) is 11.0. The van der Waals surface area contributed by atoms with Crippen LogP contribution in [0.3, 0.4) is 0 Å². The van der Waals surface area contributed by atoms with E-state index < -0.39 is 0 Å². The van der Waals surface area contributed by atoms with Crippen molar-refractivity contribution in [3.8, 4) is 34.3 Å². The number of anilines is 1. The van der Waals surface area contributed by atoms with Crippen LogP contribution in [0.5, 0.6) is 0 Å². The fraction of sp³-hybridized carbons (Fsp3) is 0.190. The van der Waals surface area contributed by atoms with Crippen LogP contribution in [0, 0.1) is 0 Å². The van der Waals surface area contributed by atoms with Gasteiger partial charge >= 0.3 is 0 Å². The van der Waals surface area contributed by atoms with Gasteiger partial charge in [0, 0.05) is 36.5 Å². The van der Waals surface area contributed by atoms with Crippen molar-refractivity contribution < 1.29 is 9.52 Å². The lowest BCUT2D eigenvalue weighted by Crippen LogP contribution is -2.20. The highest BCUT2D eigenvalue weighted by atomic mass is 16.4. The molecule has 158 valence electrons. The SMILES string of the molecule is CNCc1ccc(-c2nnc(-c3nc(-c4ccc(=O)n(CCO)c4)cnc3N)o2)cc1. The third-order valence-electron chi connectivity index (χ3n) is 4.63. The third kappa shape index (κ3) is 4.34. The Hall–Kier alpha value is -3.89. The topological polar surface area (TPSA) is 145 Å². The summed E-state index contributed by atoms with van der Waals surface area (Å²) in [6.07, 6.45) is 3.11. The Labute approximate surface area is 177 Å². The Morgan fingerprint density at radius 2 is 1.84 bits per heavy atom. The molecule has 0 bridgehead atoms. The largest absolute Gasteiger partial charge is 0.414 e. The van der Waals surface area contributed by atoms with Crippen LogP contribution in [-0.2, 0) is 13.1 Å². The molecule has 1 aromatic carbocycles. The molecule has 0 amide bonds. The molecule has 0 unspecified atom stereocenters. The van der Waals surface area contributed by atoms with E-state index in [0.717, 1.165) is 17.7 Å². The number of nitrogen functional groups attached to an aromatic ring is 1. The Balaban J connectivity index is 1.67. The maximum atomic E-state index is 11.9. The number of aliphatic hydroxyl groups is 1. The van der Waals surface area contributed by atoms with Crippen LogP contribution in [0.1, 0.15) is 5.56 Å². The van der Waals surface area contributed by atoms with E-state index in [4.69, 9.17) is 15.3 Å². The first kappa shape index (κ1) is 20.4. The number of pyridine rings is 1. The van der Waals surface area contributed by atoms with Crippen LogP contribution >= 0.6 is 0 Å². The standard InChI is InChI=1S/C21H21N7O3/c1-23-10-13-2-4-14(5-3-13)20-26-27-21(31-20)18-19(22)24-11-16(25-18)15-6-7-17(30)28(12-15)8-9-29/h2-7,11-12,23,29H,8-10H2,1H3,(H2,22,24). The van der Waals surface area contributed by atoms with Crippen LogP contribution < -0.4 is 16.6 Å². The second kappa shape index (κ2) is 8.86. The number of rotatable bonds is 7. The molecule has 4 N–H and O–H groups in total. The zero-order valence-electron chi connectivity index (χ0n) is 16.8. The van der Waals surface area contributed by atoms with Crippen molar-refractivity contribution in [2.24, 2.45) is 0 Å². The number of hydrogen-bond acceptors (Lipinski definition) is 9. The van der Waals surface area contributed by atoms with Crippen molar-refractivity contribution >= 4 is 5.82 Å². The molecule has 0 fully saturated rings. The maximum absolute atomic E-state index is 11.9. The number of nitrogens with one attached hydrogen (secondary N) is 1. The molecule has 10 heteroatoms. The van der Waals surface area contributed by atoms with Gasteiger partial charge in [-0.05, 0) is 30.8 Å². The molecule has 3 aromatic heterocycles. The molecular formula is C21H21N7O3. The summed E-state index contributed by atoms with van der Waals surface area (Å²) in [6, 6.07) is 10.8. The van der Waals surface area contributed by atoms with E-state index in [0.29, 0.717) is 17.1 Å². The van der Waals surface area contributed by atoms with Gasteiger partial charge in [-0.2, -0.15) is 0 Å². The second-order valence-electron chi connectivity index (χ2n) is 6.80. The minimum absolute atomic E-state index is 0.143. The highest BCUT2D eigenvalue weighted by molar-refractivity contribution is 5.68. The molecule has 0 radical (unpaired) electrons. The summed E-state index contributed by atoms with van der Waals surface area (Å²) >= 11 is 0. The van der Waals surface area contributed by atoms with Crippen molar-refractivity contribution in [1.29, 1.82) is 0 Å². The van der Waals surface area contributed by atoms with Crippen molar-refractivity contribution in [2.45, 2.75) is 13.1 Å². The van der Waals surface area contributed by atoms with Crippen LogP contribution in [0.15, 0.2) is 58.0 Å². The zero-order valence-corrected chi connectivity index (χ0v) is 16.8. The van der Waals surface area contributed by atoms with Gasteiger partial charge in [0.2, 0.25) is 5.89 Å². The number of nitrogens with zero attached hydrogens (tertiary/aromatic N) is 5. The average molecular weight is 419 g/mol. The lowest BCUT2D eigenvalue weighted by atomic mass is 10.1. The van der Waals surface area contributed by atoms with Gasteiger partial charge in [0.1, 0.15) is 0 Å². The number of nitrogens with two attached hydrogens (primary N) is 1. The molecule has 0 spiro atoms. The van der Waals surface area contributed by atoms with Gasteiger partial charge in [-0.15, -0.1) is 10.2 Å². The zero-order chi connectivity index (χ0) is 21.8. The van der Waals surface area contributed by atoms with Crippen LogP contribution in [0.2, 0.25) is 0 Å². The molecule has 4 aromatic rings. The van der Waals surface area contributed by atoms with Gasteiger partial charge in [0.15, 0.2) is 11.5 Å². The predicted octanol–water partition coefficient (Wildman–Crippen LogP) is 1.32. The minimum Gasteiger partial charge on any atom is -0.414 e. The third-order valence-corrected chi connectivity index (χ3v) is 4.63. The highest BCUT2D eigenvalue weighted by Crippen LogP contribution is 2.27. The average Bonchev–Trinajstić information content (AvgIpc) is 3.27. The van der Waals surface area contributed by atoms with Crippen molar-refractivity contribution in [3.05, 3.63) is 64.7 Å². The number of benzene rings is 1. The van der Waals surface area contributed by atoms with Crippen molar-refractivity contribution in [1.82, 2.24) is 30.0 Å². The molecule has 0 atom stereocenters. The fourth-order valence-corrected chi connectivity index (χ4v) is 3.07. The first-order valence-electron chi connectivity index (χ1n) is 9.61. The highest BCUT2D eigenvalue weighted by Gasteiger charge is 2.17. The van der Waals surface area contributed by atoms with E-state index in [-0.39, 0.29) is 36.1 Å². The van der Waals surface area contributed by atoms with E-state index in [1.54, 1.807) is 12.3 Å². The summed E-state index contributed by atoms with van der Waals surface area (Å²) in [4.78, 5) is 20.6. The summed E-state index contributed by atoms with van der Waals surface area (Å²) in [5.41, 5.74) is 9.07. The first-order chi connectivity index (χ1) is 15.1. The van der Waals surface area contributed by atoms with E-state index in [2.05, 4.69) is 25.5 Å². The Kier molecular flexibility index (Phi) is 5.83. The lowest BCUT2D eigenvalue weighted by Gasteiger charge is -2.07. The van der Waals surface area contributed by atoms with Crippen LogP contribution in [0.4, 0.5) is 5.82 Å². The summed E-state index contributed by atoms with van der Waals surface area (Å²) in [5, 5.41) is 20.4. The number of aromatic nitrogens is 5. The molecule has 31 heavy (non-hydrogen) atoms. The number of aliphatic hydroxyl groups excluding tert-OH is 1. The quantitative estimate of drug-likeness (QED) is 0.404. The smallest absolute Gasteiger partial charge is 0.270 e. The van der Waals surface area contributed by atoms with Crippen LogP contribution in [0.25, 0.3) is 34.3 Å². The lowest BCUT2D eigenvalue weighted by molar-refractivity contribution is 0.274. The van der Waals surface area contributed by atoms with Gasteiger partial charge < -0.3 is 25.1 Å². The summed E-state index contributed by atoms with van der Waals surface area (Å²) in [6.45, 7) is 0.796. The summed E-state index contributed by atoms with van der Waals surface area (Å²) in [5.74, 6) is 0.630. The van der Waals surface area contributed by atoms with Gasteiger partial charge in [-0.1, -0.05) is 12.1 Å². The van der Waals surface area contributed by atoms with Crippen LogP contribution in [-0.4, -0.2) is 43.5 Å². The first-order valence-corrected chi connectivity index (χ1v) is 9.61. The summed E-state index contributed by atoms with van der Waals surface area (Å²) in [7, 11) is 1.89. The predicted molar refractivity (Wildman–Crippen MR) is 115 cm³/mol. The van der Waals surface area contributed by atoms with E-state index in [1.165, 1.54) is 16.8 Å². The van der Waals surface area contributed by atoms with Gasteiger partial charge in [-0.3, -0.25) is 4.79 Å². The Morgan fingerprint density at radius 1 is 1.10 bits per heavy atom. The van der Waals surface area contributed by atoms with Gasteiger partial charge in [0.25, 0.3) is 11.4 Å². The van der Waals surface area contributed by atoms with Gasteiger partial charge in [-0.25, -0.2) is 9.97 Å². The van der Waals surface area contributed by atoms with E-state index in [1.807, 2.05) is 31.3 Å². The molecule has 10 nitrogen and oxygen atoms in total. The van der Waals surface area contributed by atoms with Gasteiger partial charge in [0.05, 0.1) is 18.5 Å². The molecule has 3 heterocycles.